The zero-order valence-corrected chi connectivity index (χ0v) is 12.2. The van der Waals surface area contributed by atoms with Gasteiger partial charge in [0.15, 0.2) is 0 Å². The van der Waals surface area contributed by atoms with Crippen LogP contribution in [0.3, 0.4) is 0 Å². The number of anilines is 1. The maximum atomic E-state index is 5.80. The predicted octanol–water partition coefficient (Wildman–Crippen LogP) is 0.829. The summed E-state index contributed by atoms with van der Waals surface area (Å²) < 4.78 is 0. The van der Waals surface area contributed by atoms with Gasteiger partial charge >= 0.3 is 0 Å². The van der Waals surface area contributed by atoms with Crippen molar-refractivity contribution >= 4 is 5.69 Å². The summed E-state index contributed by atoms with van der Waals surface area (Å²) in [5.74, 6) is 0. The van der Waals surface area contributed by atoms with Crippen LogP contribution in [-0.4, -0.2) is 63.2 Å². The molecule has 0 unspecified atom stereocenters. The number of para-hydroxylation sites is 1. The monoisotopic (exact) mass is 262 g/mol. The van der Waals surface area contributed by atoms with Gasteiger partial charge in [-0.15, -0.1) is 0 Å². The first-order valence-corrected chi connectivity index (χ1v) is 7.10. The third kappa shape index (κ3) is 3.93. The third-order valence-electron chi connectivity index (χ3n) is 3.97. The second-order valence-corrected chi connectivity index (χ2v) is 5.40. The van der Waals surface area contributed by atoms with Gasteiger partial charge in [0.1, 0.15) is 0 Å². The number of benzene rings is 1. The second-order valence-electron chi connectivity index (χ2n) is 5.40. The van der Waals surface area contributed by atoms with Crippen LogP contribution < -0.4 is 10.6 Å². The van der Waals surface area contributed by atoms with Gasteiger partial charge in [-0.1, -0.05) is 18.2 Å². The SMILES string of the molecule is CN1CCN(CCN(C)c2ccccc2CN)CC1. The molecule has 2 rings (SSSR count). The summed E-state index contributed by atoms with van der Waals surface area (Å²) in [5.41, 5.74) is 8.29. The maximum absolute atomic E-state index is 5.80. The van der Waals surface area contributed by atoms with E-state index in [9.17, 15) is 0 Å². The molecule has 4 nitrogen and oxygen atoms in total. The first kappa shape index (κ1) is 14.3. The molecule has 1 aliphatic rings. The molecule has 4 heteroatoms. The molecule has 2 N–H and O–H groups in total. The molecule has 0 spiro atoms. The quantitative estimate of drug-likeness (QED) is 0.852. The lowest BCUT2D eigenvalue weighted by molar-refractivity contribution is 0.157. The van der Waals surface area contributed by atoms with Crippen LogP contribution in [0.2, 0.25) is 0 Å². The van der Waals surface area contributed by atoms with Gasteiger partial charge in [0.2, 0.25) is 0 Å². The Bertz CT molecular complexity index is 385. The van der Waals surface area contributed by atoms with Gasteiger partial charge in [0.25, 0.3) is 0 Å². The van der Waals surface area contributed by atoms with E-state index in [0.29, 0.717) is 6.54 Å². The summed E-state index contributed by atoms with van der Waals surface area (Å²) in [4.78, 5) is 7.26. The Morgan fingerprint density at radius 3 is 2.53 bits per heavy atom. The van der Waals surface area contributed by atoms with E-state index in [1.165, 1.54) is 37.4 Å². The molecular weight excluding hydrogens is 236 g/mol. The fourth-order valence-corrected chi connectivity index (χ4v) is 2.54. The van der Waals surface area contributed by atoms with Crippen LogP contribution in [0.4, 0.5) is 5.69 Å². The number of hydrogen-bond acceptors (Lipinski definition) is 4. The molecule has 1 fully saturated rings. The molecule has 0 aromatic heterocycles. The molecule has 0 radical (unpaired) electrons. The summed E-state index contributed by atoms with van der Waals surface area (Å²) in [6, 6.07) is 8.41. The van der Waals surface area contributed by atoms with Crippen LogP contribution in [0.25, 0.3) is 0 Å². The average Bonchev–Trinajstić information content (AvgIpc) is 2.46. The molecule has 1 aromatic rings. The summed E-state index contributed by atoms with van der Waals surface area (Å²) in [7, 11) is 4.35. The Labute approximate surface area is 116 Å². The average molecular weight is 262 g/mol. The Balaban J connectivity index is 1.85. The number of nitrogens with two attached hydrogens (primary N) is 1. The zero-order valence-electron chi connectivity index (χ0n) is 12.2. The van der Waals surface area contributed by atoms with Crippen molar-refractivity contribution in [2.45, 2.75) is 6.54 Å². The van der Waals surface area contributed by atoms with Crippen LogP contribution in [0, 0.1) is 0 Å². The van der Waals surface area contributed by atoms with Gasteiger partial charge in [-0.3, -0.25) is 4.90 Å². The highest BCUT2D eigenvalue weighted by atomic mass is 15.3. The second kappa shape index (κ2) is 6.89. The smallest absolute Gasteiger partial charge is 0.0409 e. The van der Waals surface area contributed by atoms with Crippen LogP contribution >= 0.6 is 0 Å². The molecule has 0 saturated carbocycles. The molecule has 1 saturated heterocycles. The highest BCUT2D eigenvalue weighted by Gasteiger charge is 2.14. The summed E-state index contributed by atoms with van der Waals surface area (Å²) in [5, 5.41) is 0. The fraction of sp³-hybridized carbons (Fsp3) is 0.600. The van der Waals surface area contributed by atoms with Crippen molar-refractivity contribution in [2.75, 3.05) is 58.3 Å². The topological polar surface area (TPSA) is 35.7 Å². The maximum Gasteiger partial charge on any atom is 0.0409 e. The standard InChI is InChI=1S/C15H26N4/c1-17-7-10-19(11-8-17)12-9-18(2)15-6-4-3-5-14(15)13-16/h3-6H,7-13,16H2,1-2H3. The first-order chi connectivity index (χ1) is 9.20. The number of nitrogens with zero attached hydrogens (tertiary/aromatic N) is 3. The Kier molecular flexibility index (Phi) is 5.19. The van der Waals surface area contributed by atoms with E-state index in [0.717, 1.165) is 13.1 Å². The minimum atomic E-state index is 0.606. The molecule has 106 valence electrons. The van der Waals surface area contributed by atoms with Gasteiger partial charge < -0.3 is 15.5 Å². The largest absolute Gasteiger partial charge is 0.373 e. The third-order valence-corrected chi connectivity index (χ3v) is 3.97. The van der Waals surface area contributed by atoms with Crippen LogP contribution in [-0.2, 0) is 6.54 Å². The van der Waals surface area contributed by atoms with Gasteiger partial charge in [-0.05, 0) is 18.7 Å². The van der Waals surface area contributed by atoms with Crippen molar-refractivity contribution in [1.29, 1.82) is 0 Å². The van der Waals surface area contributed by atoms with E-state index in [4.69, 9.17) is 5.73 Å². The fourth-order valence-electron chi connectivity index (χ4n) is 2.54. The van der Waals surface area contributed by atoms with Gasteiger partial charge in [-0.25, -0.2) is 0 Å². The lowest BCUT2D eigenvalue weighted by Crippen LogP contribution is -2.46. The first-order valence-electron chi connectivity index (χ1n) is 7.10. The molecular formula is C15H26N4. The number of hydrogen-bond donors (Lipinski definition) is 1. The van der Waals surface area contributed by atoms with E-state index >= 15 is 0 Å². The normalized spacial score (nSPS) is 17.6. The van der Waals surface area contributed by atoms with Gasteiger partial charge in [-0.2, -0.15) is 0 Å². The lowest BCUT2D eigenvalue weighted by Gasteiger charge is -2.34. The number of piperazine rings is 1. The number of likely N-dealkylation sites (N-methyl/N-ethyl adjacent to an activating group) is 2. The van der Waals surface area contributed by atoms with E-state index in [2.05, 4.69) is 53.1 Å². The van der Waals surface area contributed by atoms with Crippen LogP contribution in [0.5, 0.6) is 0 Å². The minimum absolute atomic E-state index is 0.606. The molecule has 1 heterocycles. The van der Waals surface area contributed by atoms with Gasteiger partial charge in [0, 0.05) is 58.5 Å². The van der Waals surface area contributed by atoms with E-state index in [-0.39, 0.29) is 0 Å². The Morgan fingerprint density at radius 1 is 1.16 bits per heavy atom. The molecule has 19 heavy (non-hydrogen) atoms. The highest BCUT2D eigenvalue weighted by Crippen LogP contribution is 2.18. The van der Waals surface area contributed by atoms with Crippen molar-refractivity contribution in [3.8, 4) is 0 Å². The van der Waals surface area contributed by atoms with Crippen molar-refractivity contribution in [3.05, 3.63) is 29.8 Å². The Hall–Kier alpha value is -1.10. The molecule has 0 bridgehead atoms. The van der Waals surface area contributed by atoms with E-state index in [1.807, 2.05) is 0 Å². The number of rotatable bonds is 5. The minimum Gasteiger partial charge on any atom is -0.373 e. The Morgan fingerprint density at radius 2 is 1.84 bits per heavy atom. The zero-order chi connectivity index (χ0) is 13.7. The molecule has 1 aliphatic heterocycles. The highest BCUT2D eigenvalue weighted by molar-refractivity contribution is 5.52. The molecule has 0 amide bonds. The van der Waals surface area contributed by atoms with Crippen molar-refractivity contribution in [2.24, 2.45) is 5.73 Å². The summed E-state index contributed by atoms with van der Waals surface area (Å²) in [6.45, 7) is 7.52. The molecule has 0 aliphatic carbocycles. The lowest BCUT2D eigenvalue weighted by atomic mass is 10.1. The molecule has 1 aromatic carbocycles. The van der Waals surface area contributed by atoms with Crippen LogP contribution in [0.1, 0.15) is 5.56 Å². The predicted molar refractivity (Wildman–Crippen MR) is 81.5 cm³/mol. The van der Waals surface area contributed by atoms with Crippen LogP contribution in [0.15, 0.2) is 24.3 Å². The van der Waals surface area contributed by atoms with E-state index in [1.54, 1.807) is 0 Å². The summed E-state index contributed by atoms with van der Waals surface area (Å²) >= 11 is 0. The van der Waals surface area contributed by atoms with Gasteiger partial charge in [0.05, 0.1) is 0 Å². The summed E-state index contributed by atoms with van der Waals surface area (Å²) in [6.07, 6.45) is 0. The van der Waals surface area contributed by atoms with E-state index < -0.39 is 0 Å². The van der Waals surface area contributed by atoms with Crippen molar-refractivity contribution in [1.82, 2.24) is 9.80 Å². The van der Waals surface area contributed by atoms with Crippen molar-refractivity contribution < 1.29 is 0 Å². The molecule has 0 atom stereocenters. The van der Waals surface area contributed by atoms with Crippen molar-refractivity contribution in [3.63, 3.8) is 0 Å².